The van der Waals surface area contributed by atoms with E-state index in [1.807, 2.05) is 17.8 Å². The topological polar surface area (TPSA) is 53.4 Å². The highest BCUT2D eigenvalue weighted by molar-refractivity contribution is 7.07. The van der Waals surface area contributed by atoms with Crippen molar-refractivity contribution in [2.75, 3.05) is 13.1 Å². The number of nitrogens with zero attached hydrogens (tertiary/aromatic N) is 2. The second-order valence-electron chi connectivity index (χ2n) is 4.66. The van der Waals surface area contributed by atoms with E-state index in [2.05, 4.69) is 9.88 Å². The van der Waals surface area contributed by atoms with Crippen molar-refractivity contribution in [2.24, 2.45) is 5.41 Å². The smallest absolute Gasteiger partial charge is 0.310 e. The minimum Gasteiger partial charge on any atom is -0.481 e. The second-order valence-corrected chi connectivity index (χ2v) is 5.38. The van der Waals surface area contributed by atoms with E-state index < -0.39 is 11.4 Å². The maximum atomic E-state index is 11.2. The summed E-state index contributed by atoms with van der Waals surface area (Å²) in [4.78, 5) is 17.6. The zero-order chi connectivity index (χ0) is 11.6. The summed E-state index contributed by atoms with van der Waals surface area (Å²) in [6.45, 7) is 4.20. The number of carbonyl (C=O) groups is 1. The Kier molecular flexibility index (Phi) is 3.25. The predicted octanol–water partition coefficient (Wildman–Crippen LogP) is 1.83. The van der Waals surface area contributed by atoms with Crippen LogP contribution in [0.25, 0.3) is 0 Å². The summed E-state index contributed by atoms with van der Waals surface area (Å²) in [6, 6.07) is 0. The number of rotatable bonds is 3. The van der Waals surface area contributed by atoms with Gasteiger partial charge in [0, 0.05) is 18.5 Å². The number of aromatic nitrogens is 1. The molecule has 1 unspecified atom stereocenters. The number of aliphatic carboxylic acids is 1. The Morgan fingerprint density at radius 3 is 3.19 bits per heavy atom. The highest BCUT2D eigenvalue weighted by atomic mass is 32.1. The first-order valence-corrected chi connectivity index (χ1v) is 6.37. The molecule has 0 bridgehead atoms. The summed E-state index contributed by atoms with van der Waals surface area (Å²) < 4.78 is 0. The lowest BCUT2D eigenvalue weighted by Crippen LogP contribution is -2.45. The van der Waals surface area contributed by atoms with Gasteiger partial charge in [-0.1, -0.05) is 0 Å². The van der Waals surface area contributed by atoms with Crippen molar-refractivity contribution in [3.8, 4) is 0 Å². The highest BCUT2D eigenvalue weighted by Crippen LogP contribution is 2.30. The van der Waals surface area contributed by atoms with E-state index in [0.717, 1.165) is 31.6 Å². The highest BCUT2D eigenvalue weighted by Gasteiger charge is 2.37. The van der Waals surface area contributed by atoms with Gasteiger partial charge >= 0.3 is 5.97 Å². The molecule has 4 nitrogen and oxygen atoms in total. The fourth-order valence-electron chi connectivity index (χ4n) is 2.20. The number of likely N-dealkylation sites (tertiary alicyclic amines) is 1. The average molecular weight is 240 g/mol. The lowest BCUT2D eigenvalue weighted by atomic mass is 9.82. The summed E-state index contributed by atoms with van der Waals surface area (Å²) >= 11 is 1.58. The molecule has 2 rings (SSSR count). The molecule has 1 aliphatic heterocycles. The van der Waals surface area contributed by atoms with E-state index in [1.165, 1.54) is 0 Å². The van der Waals surface area contributed by atoms with Gasteiger partial charge in [-0.3, -0.25) is 9.69 Å². The first-order valence-electron chi connectivity index (χ1n) is 5.43. The predicted molar refractivity (Wildman–Crippen MR) is 62.4 cm³/mol. The largest absolute Gasteiger partial charge is 0.481 e. The van der Waals surface area contributed by atoms with Gasteiger partial charge in [0.25, 0.3) is 0 Å². The Morgan fingerprint density at radius 1 is 1.75 bits per heavy atom. The van der Waals surface area contributed by atoms with Gasteiger partial charge in [0.1, 0.15) is 0 Å². The summed E-state index contributed by atoms with van der Waals surface area (Å²) in [5, 5.41) is 11.2. The lowest BCUT2D eigenvalue weighted by Gasteiger charge is -2.37. The van der Waals surface area contributed by atoms with Gasteiger partial charge < -0.3 is 5.11 Å². The average Bonchev–Trinajstić information content (AvgIpc) is 2.70. The Bertz CT molecular complexity index is 366. The number of carboxylic acid groups (broad SMARTS) is 1. The molecule has 16 heavy (non-hydrogen) atoms. The molecule has 1 fully saturated rings. The monoisotopic (exact) mass is 240 g/mol. The molecule has 1 aliphatic rings. The van der Waals surface area contributed by atoms with Crippen LogP contribution in [0.1, 0.15) is 25.5 Å². The molecule has 0 radical (unpaired) electrons. The summed E-state index contributed by atoms with van der Waals surface area (Å²) in [5.74, 6) is -0.685. The van der Waals surface area contributed by atoms with Crippen LogP contribution in [0.15, 0.2) is 10.9 Å². The molecule has 1 atom stereocenters. The number of carboxylic acids is 1. The van der Waals surface area contributed by atoms with Crippen molar-refractivity contribution in [1.29, 1.82) is 0 Å². The van der Waals surface area contributed by atoms with E-state index in [9.17, 15) is 9.90 Å². The maximum absolute atomic E-state index is 11.2. The maximum Gasteiger partial charge on any atom is 0.310 e. The van der Waals surface area contributed by atoms with Gasteiger partial charge in [-0.2, -0.15) is 0 Å². The quantitative estimate of drug-likeness (QED) is 0.875. The van der Waals surface area contributed by atoms with Crippen LogP contribution in [0.4, 0.5) is 0 Å². The fourth-order valence-corrected chi connectivity index (χ4v) is 2.75. The summed E-state index contributed by atoms with van der Waals surface area (Å²) in [6.07, 6.45) is 1.73. The molecule has 0 spiro atoms. The van der Waals surface area contributed by atoms with E-state index in [-0.39, 0.29) is 0 Å². The van der Waals surface area contributed by atoms with Crippen LogP contribution in [0.3, 0.4) is 0 Å². The van der Waals surface area contributed by atoms with Crippen LogP contribution < -0.4 is 0 Å². The van der Waals surface area contributed by atoms with Gasteiger partial charge in [0.2, 0.25) is 0 Å². The van der Waals surface area contributed by atoms with E-state index in [0.29, 0.717) is 6.54 Å². The number of hydrogen-bond donors (Lipinski definition) is 1. The molecule has 2 heterocycles. The van der Waals surface area contributed by atoms with Crippen LogP contribution >= 0.6 is 11.3 Å². The molecule has 1 aromatic rings. The Morgan fingerprint density at radius 2 is 2.56 bits per heavy atom. The minimum absolute atomic E-state index is 0.589. The molecule has 1 saturated heterocycles. The van der Waals surface area contributed by atoms with Gasteiger partial charge in [-0.15, -0.1) is 11.3 Å². The molecular weight excluding hydrogens is 224 g/mol. The molecule has 0 amide bonds. The number of hydrogen-bond acceptors (Lipinski definition) is 4. The van der Waals surface area contributed by atoms with Crippen LogP contribution in [0.2, 0.25) is 0 Å². The third kappa shape index (κ3) is 2.41. The molecule has 0 aliphatic carbocycles. The third-order valence-corrected chi connectivity index (χ3v) is 3.80. The van der Waals surface area contributed by atoms with Crippen molar-refractivity contribution >= 4 is 17.3 Å². The Labute approximate surface area is 98.9 Å². The normalized spacial score (nSPS) is 26.8. The van der Waals surface area contributed by atoms with Crippen LogP contribution in [0.5, 0.6) is 0 Å². The lowest BCUT2D eigenvalue weighted by molar-refractivity contribution is -0.151. The SMILES string of the molecule is CC1(C(=O)O)CCCN(Cc2cscn2)C1. The number of piperidine rings is 1. The van der Waals surface area contributed by atoms with Crippen LogP contribution in [-0.2, 0) is 11.3 Å². The molecule has 0 aromatic carbocycles. The van der Waals surface area contributed by atoms with Crippen LogP contribution in [0, 0.1) is 5.41 Å². The summed E-state index contributed by atoms with van der Waals surface area (Å²) in [5.41, 5.74) is 2.27. The van der Waals surface area contributed by atoms with Crippen molar-refractivity contribution in [1.82, 2.24) is 9.88 Å². The first kappa shape index (κ1) is 11.5. The summed E-state index contributed by atoms with van der Waals surface area (Å²) in [7, 11) is 0. The van der Waals surface area contributed by atoms with Crippen LogP contribution in [-0.4, -0.2) is 34.0 Å². The Balaban J connectivity index is 1.99. The standard InChI is InChI=1S/C11H16N2O2S/c1-11(10(14)15)3-2-4-13(7-11)5-9-6-16-8-12-9/h6,8H,2-5,7H2,1H3,(H,14,15). The van der Waals surface area contributed by atoms with Gasteiger partial charge in [0.15, 0.2) is 0 Å². The second kappa shape index (κ2) is 4.51. The Hall–Kier alpha value is -0.940. The minimum atomic E-state index is -0.685. The van der Waals surface area contributed by atoms with Crippen molar-refractivity contribution in [2.45, 2.75) is 26.3 Å². The molecule has 1 aromatic heterocycles. The zero-order valence-corrected chi connectivity index (χ0v) is 10.2. The van der Waals surface area contributed by atoms with Crippen molar-refractivity contribution in [3.63, 3.8) is 0 Å². The van der Waals surface area contributed by atoms with E-state index >= 15 is 0 Å². The fraction of sp³-hybridized carbons (Fsp3) is 0.636. The van der Waals surface area contributed by atoms with Gasteiger partial charge in [-0.25, -0.2) is 4.98 Å². The van der Waals surface area contributed by atoms with Crippen molar-refractivity contribution in [3.05, 3.63) is 16.6 Å². The van der Waals surface area contributed by atoms with E-state index in [4.69, 9.17) is 0 Å². The third-order valence-electron chi connectivity index (χ3n) is 3.16. The molecule has 5 heteroatoms. The molecular formula is C11H16N2O2S. The molecule has 1 N–H and O–H groups in total. The molecule has 0 saturated carbocycles. The van der Waals surface area contributed by atoms with Crippen molar-refractivity contribution < 1.29 is 9.90 Å². The van der Waals surface area contributed by atoms with Gasteiger partial charge in [-0.05, 0) is 26.3 Å². The first-order chi connectivity index (χ1) is 7.60. The van der Waals surface area contributed by atoms with Gasteiger partial charge in [0.05, 0.1) is 16.6 Å². The number of thiazole rings is 1. The molecule has 88 valence electrons. The van der Waals surface area contributed by atoms with E-state index in [1.54, 1.807) is 11.3 Å². The zero-order valence-electron chi connectivity index (χ0n) is 9.35.